The van der Waals surface area contributed by atoms with Crippen molar-refractivity contribution in [2.45, 2.75) is 0 Å². The Labute approximate surface area is 113 Å². The molecule has 0 saturated carbocycles. The zero-order valence-electron chi connectivity index (χ0n) is 5.79. The van der Waals surface area contributed by atoms with E-state index in [2.05, 4.69) is 0 Å². The van der Waals surface area contributed by atoms with Crippen molar-refractivity contribution in [3.05, 3.63) is 0 Å². The van der Waals surface area contributed by atoms with Crippen LogP contribution in [0.4, 0.5) is 0 Å². The normalized spacial score (nSPS) is 7.64. The summed E-state index contributed by atoms with van der Waals surface area (Å²) in [5.74, 6) is 0. The van der Waals surface area contributed by atoms with Gasteiger partial charge < -0.3 is 19.2 Å². The van der Waals surface area contributed by atoms with Gasteiger partial charge in [-0.1, -0.05) is 0 Å². The van der Waals surface area contributed by atoms with Crippen LogP contribution in [0.2, 0.25) is 0 Å². The molecule has 0 unspecified atom stereocenters. The zero-order valence-corrected chi connectivity index (χ0v) is 13.6. The number of rotatable bonds is 0. The van der Waals surface area contributed by atoms with E-state index >= 15 is 0 Å². The molecular weight excluding hydrogens is 373 g/mol. The van der Waals surface area contributed by atoms with E-state index in [-0.39, 0.29) is 59.1 Å². The number of hydrogen-bond acceptors (Lipinski definition) is 5. The molecule has 0 rings (SSSR count). The fourth-order valence-electron chi connectivity index (χ4n) is 0. The van der Waals surface area contributed by atoms with Crippen LogP contribution < -0.4 is 68.9 Å². The summed E-state index contributed by atoms with van der Waals surface area (Å²) in [6, 6.07) is 0. The van der Waals surface area contributed by atoms with Gasteiger partial charge in [0.1, 0.15) is 0 Å². The van der Waals surface area contributed by atoms with Crippen molar-refractivity contribution < 1.29 is 107 Å². The Bertz CT molecular complexity index is 151. The maximum atomic E-state index is 8.72. The van der Waals surface area contributed by atoms with Gasteiger partial charge in [-0.2, -0.15) is 0 Å². The van der Waals surface area contributed by atoms with Crippen LogP contribution in [0.1, 0.15) is 0 Å². The SMILES string of the molecule is O=P([O-])([O-])O.[Na+].[Na+].[O]=[W](=[O])[OH]. The van der Waals surface area contributed by atoms with Crippen molar-refractivity contribution in [2.24, 2.45) is 0 Å². The predicted molar refractivity (Wildman–Crippen MR) is 13.4 cm³/mol. The minimum absolute atomic E-state index is 0. The molecule has 11 heteroatoms. The summed E-state index contributed by atoms with van der Waals surface area (Å²) in [6.07, 6.45) is 0. The van der Waals surface area contributed by atoms with Gasteiger partial charge in [0.25, 0.3) is 0 Å². The van der Waals surface area contributed by atoms with Gasteiger partial charge in [0.15, 0.2) is 0 Å². The van der Waals surface area contributed by atoms with E-state index in [0.29, 0.717) is 0 Å². The van der Waals surface area contributed by atoms with Crippen LogP contribution in [0.25, 0.3) is 0 Å². The average Bonchev–Trinajstić information content (AvgIpc) is 1.19. The standard InChI is InChI=1S/2Na.H3O4P.H2O.2O.W/c;;1-5(2,3)4;;;;/h;;(H3,1,2,3,4);1H2;;;/q2*+1;;;;;+1/p-3. The van der Waals surface area contributed by atoms with E-state index in [4.69, 9.17) is 29.8 Å². The third-order valence-corrected chi connectivity index (χ3v) is 0. The average molecular weight is 375 g/mol. The van der Waals surface area contributed by atoms with Crippen molar-refractivity contribution in [3.8, 4) is 0 Å². The first-order valence-corrected chi connectivity index (χ1v) is 6.47. The summed E-state index contributed by atoms with van der Waals surface area (Å²) in [6.45, 7) is 0. The van der Waals surface area contributed by atoms with Gasteiger partial charge in [0, 0.05) is 0 Å². The zero-order chi connectivity index (χ0) is 8.08. The van der Waals surface area contributed by atoms with E-state index in [9.17, 15) is 0 Å². The molecule has 11 heavy (non-hydrogen) atoms. The van der Waals surface area contributed by atoms with E-state index in [1.54, 1.807) is 0 Å². The Balaban J connectivity index is -0.0000000383. The van der Waals surface area contributed by atoms with E-state index in [1.165, 1.54) is 0 Å². The van der Waals surface area contributed by atoms with E-state index < -0.39 is 25.4 Å². The van der Waals surface area contributed by atoms with Gasteiger partial charge in [0.05, 0.1) is 7.82 Å². The third-order valence-electron chi connectivity index (χ3n) is 0. The van der Waals surface area contributed by atoms with Crippen LogP contribution in [0, 0.1) is 0 Å². The Morgan fingerprint density at radius 1 is 1.18 bits per heavy atom. The molecule has 2 N–H and O–H groups in total. The molecule has 0 amide bonds. The summed E-state index contributed by atoms with van der Waals surface area (Å²) >= 11 is -4.03. The summed E-state index contributed by atoms with van der Waals surface area (Å²) in [4.78, 5) is 24.3. The van der Waals surface area contributed by atoms with E-state index in [1.807, 2.05) is 0 Å². The molecule has 0 bridgehead atoms. The molecule has 0 aliphatic rings. The molecule has 0 aromatic heterocycles. The third kappa shape index (κ3) is 238. The molecular formula is H2Na2O7PW. The van der Waals surface area contributed by atoms with Crippen molar-refractivity contribution in [1.29, 1.82) is 0 Å². The molecule has 0 heterocycles. The molecule has 0 spiro atoms. The Kier molecular flexibility index (Phi) is 26.2. The van der Waals surface area contributed by atoms with Crippen molar-refractivity contribution in [2.75, 3.05) is 0 Å². The van der Waals surface area contributed by atoms with Crippen LogP contribution in [-0.2, 0) is 29.0 Å². The Morgan fingerprint density at radius 3 is 1.18 bits per heavy atom. The Morgan fingerprint density at radius 2 is 1.18 bits per heavy atom. The molecule has 0 aromatic rings. The fourth-order valence-corrected chi connectivity index (χ4v) is 0. The second kappa shape index (κ2) is 12.4. The molecule has 0 aliphatic carbocycles. The van der Waals surface area contributed by atoms with E-state index in [0.717, 1.165) is 0 Å². The quantitative estimate of drug-likeness (QED) is 0.317. The first-order valence-electron chi connectivity index (χ1n) is 1.26. The van der Waals surface area contributed by atoms with Crippen LogP contribution in [0.15, 0.2) is 0 Å². The maximum absolute atomic E-state index is 8.72. The molecule has 0 atom stereocenters. The van der Waals surface area contributed by atoms with Crippen LogP contribution in [0.5, 0.6) is 0 Å². The van der Waals surface area contributed by atoms with Crippen LogP contribution in [-0.4, -0.2) is 8.65 Å². The Hall–Kier alpha value is 2.36. The molecule has 7 nitrogen and oxygen atoms in total. The molecule has 0 saturated heterocycles. The fraction of sp³-hybridized carbons (Fsp3) is 0. The second-order valence-corrected chi connectivity index (χ2v) is 3.18. The summed E-state index contributed by atoms with van der Waals surface area (Å²) < 4.78 is 33.2. The minimum atomic E-state index is -5.14. The van der Waals surface area contributed by atoms with Crippen LogP contribution in [0.3, 0.4) is 0 Å². The summed E-state index contributed by atoms with van der Waals surface area (Å²) in [7, 11) is -5.14. The summed E-state index contributed by atoms with van der Waals surface area (Å²) in [5, 5.41) is 0. The second-order valence-electron chi connectivity index (χ2n) is 0.686. The van der Waals surface area contributed by atoms with Gasteiger partial charge >= 0.3 is 87.3 Å². The predicted octanol–water partition coefficient (Wildman–Crippen LogP) is -8.98. The van der Waals surface area contributed by atoms with Crippen LogP contribution >= 0.6 is 7.82 Å². The van der Waals surface area contributed by atoms with Crippen molar-refractivity contribution >= 4 is 7.82 Å². The molecule has 0 radical (unpaired) electrons. The monoisotopic (exact) mass is 375 g/mol. The summed E-state index contributed by atoms with van der Waals surface area (Å²) in [5.41, 5.74) is 0. The first kappa shape index (κ1) is 23.3. The molecule has 0 aliphatic heterocycles. The van der Waals surface area contributed by atoms with Gasteiger partial charge in [0.2, 0.25) is 0 Å². The topological polar surface area (TPSA) is 138 Å². The first-order chi connectivity index (χ1) is 3.73. The number of phosphoric acid groups is 1. The van der Waals surface area contributed by atoms with Crippen molar-refractivity contribution in [3.63, 3.8) is 0 Å². The van der Waals surface area contributed by atoms with Gasteiger partial charge in [-0.15, -0.1) is 0 Å². The van der Waals surface area contributed by atoms with Crippen molar-refractivity contribution in [1.82, 2.24) is 0 Å². The molecule has 57 valence electrons. The number of hydrogen-bond donors (Lipinski definition) is 2. The van der Waals surface area contributed by atoms with Gasteiger partial charge in [-0.05, 0) is 0 Å². The molecule has 0 fully saturated rings. The van der Waals surface area contributed by atoms with Gasteiger partial charge in [-0.3, -0.25) is 0 Å². The molecule has 0 aromatic carbocycles. The van der Waals surface area contributed by atoms with Gasteiger partial charge in [-0.25, -0.2) is 0 Å².